The fourth-order valence-corrected chi connectivity index (χ4v) is 2.12. The van der Waals surface area contributed by atoms with Gasteiger partial charge in [0.2, 0.25) is 17.7 Å². The first-order chi connectivity index (χ1) is 10.9. The summed E-state index contributed by atoms with van der Waals surface area (Å²) in [6.07, 6.45) is 0.612. The summed E-state index contributed by atoms with van der Waals surface area (Å²) in [6.45, 7) is 2.25. The van der Waals surface area contributed by atoms with Crippen LogP contribution < -0.4 is 11.5 Å². The summed E-state index contributed by atoms with van der Waals surface area (Å²) in [5, 5.41) is 0. The van der Waals surface area contributed by atoms with Crippen molar-refractivity contribution in [3.8, 4) is 0 Å². The normalized spacial score (nSPS) is 10.2. The van der Waals surface area contributed by atoms with Crippen LogP contribution in [0.3, 0.4) is 0 Å². The topological polar surface area (TPSA) is 110 Å². The molecule has 7 heteroatoms. The van der Waals surface area contributed by atoms with Gasteiger partial charge in [-0.3, -0.25) is 14.4 Å². The van der Waals surface area contributed by atoms with Crippen LogP contribution in [-0.4, -0.2) is 53.7 Å². The molecule has 7 nitrogen and oxygen atoms in total. The van der Waals surface area contributed by atoms with Crippen molar-refractivity contribution in [3.63, 3.8) is 0 Å². The van der Waals surface area contributed by atoms with Crippen LogP contribution in [0.1, 0.15) is 18.9 Å². The average Bonchev–Trinajstić information content (AvgIpc) is 2.50. The van der Waals surface area contributed by atoms with Crippen molar-refractivity contribution in [2.24, 2.45) is 11.5 Å². The molecule has 0 heterocycles. The Morgan fingerprint density at radius 1 is 1.04 bits per heavy atom. The monoisotopic (exact) mass is 320 g/mol. The summed E-state index contributed by atoms with van der Waals surface area (Å²) in [5.41, 5.74) is 11.6. The summed E-state index contributed by atoms with van der Waals surface area (Å²) in [7, 11) is 0. The van der Waals surface area contributed by atoms with Crippen molar-refractivity contribution >= 4 is 17.7 Å². The molecule has 0 atom stereocenters. The van der Waals surface area contributed by atoms with E-state index in [9.17, 15) is 14.4 Å². The van der Waals surface area contributed by atoms with E-state index < -0.39 is 5.91 Å². The predicted molar refractivity (Wildman–Crippen MR) is 87.0 cm³/mol. The van der Waals surface area contributed by atoms with Gasteiger partial charge < -0.3 is 21.3 Å². The minimum Gasteiger partial charge on any atom is -0.368 e. The Kier molecular flexibility index (Phi) is 7.76. The largest absolute Gasteiger partial charge is 0.368 e. The van der Waals surface area contributed by atoms with Crippen molar-refractivity contribution in [2.45, 2.75) is 19.9 Å². The first-order valence-corrected chi connectivity index (χ1v) is 7.49. The Morgan fingerprint density at radius 3 is 2.22 bits per heavy atom. The van der Waals surface area contributed by atoms with E-state index in [1.165, 1.54) is 16.7 Å². The van der Waals surface area contributed by atoms with Crippen LogP contribution in [0.25, 0.3) is 0 Å². The van der Waals surface area contributed by atoms with E-state index in [1.54, 1.807) is 0 Å². The van der Waals surface area contributed by atoms with Crippen molar-refractivity contribution in [1.82, 2.24) is 9.80 Å². The maximum absolute atomic E-state index is 12.5. The molecule has 0 aliphatic rings. The number of carbonyl (C=O) groups excluding carboxylic acids is 3. The van der Waals surface area contributed by atoms with E-state index in [1.807, 2.05) is 30.3 Å². The molecule has 126 valence electrons. The van der Waals surface area contributed by atoms with Gasteiger partial charge in [-0.25, -0.2) is 0 Å². The average molecular weight is 320 g/mol. The molecule has 1 aromatic rings. The molecule has 0 fully saturated rings. The van der Waals surface area contributed by atoms with Crippen LogP contribution in [0.5, 0.6) is 0 Å². The Bertz CT molecular complexity index is 533. The van der Waals surface area contributed by atoms with Gasteiger partial charge >= 0.3 is 0 Å². The zero-order valence-electron chi connectivity index (χ0n) is 13.4. The first-order valence-electron chi connectivity index (χ1n) is 7.49. The zero-order valence-corrected chi connectivity index (χ0v) is 13.4. The van der Waals surface area contributed by atoms with Gasteiger partial charge in [0.1, 0.15) is 0 Å². The van der Waals surface area contributed by atoms with Crippen LogP contribution in [0, 0.1) is 0 Å². The van der Waals surface area contributed by atoms with Gasteiger partial charge in [0.25, 0.3) is 0 Å². The summed E-state index contributed by atoms with van der Waals surface area (Å²) in [4.78, 5) is 38.1. The number of primary amides is 1. The number of rotatable bonds is 9. The fourth-order valence-electron chi connectivity index (χ4n) is 2.12. The molecule has 0 bridgehead atoms. The van der Waals surface area contributed by atoms with Gasteiger partial charge in [-0.05, 0) is 18.5 Å². The highest BCUT2D eigenvalue weighted by Gasteiger charge is 2.20. The standard InChI is InChI=1S/C16H24N4O3/c1-13(21)19(9-5-8-17)12-16(23)20(11-15(18)22)10-14-6-3-2-4-7-14/h2-4,6-7H,5,8-12,17H2,1H3,(H2,18,22). The maximum atomic E-state index is 12.5. The molecule has 0 aliphatic heterocycles. The number of amides is 3. The van der Waals surface area contributed by atoms with Crippen LogP contribution in [0.15, 0.2) is 30.3 Å². The van der Waals surface area contributed by atoms with Crippen LogP contribution >= 0.6 is 0 Å². The van der Waals surface area contributed by atoms with Gasteiger partial charge in [-0.15, -0.1) is 0 Å². The van der Waals surface area contributed by atoms with E-state index in [4.69, 9.17) is 11.5 Å². The molecule has 0 spiro atoms. The van der Waals surface area contributed by atoms with E-state index in [0.717, 1.165) is 5.56 Å². The number of nitrogens with zero attached hydrogens (tertiary/aromatic N) is 2. The summed E-state index contributed by atoms with van der Waals surface area (Å²) in [5.74, 6) is -1.11. The second-order valence-electron chi connectivity index (χ2n) is 5.28. The van der Waals surface area contributed by atoms with Gasteiger partial charge in [-0.1, -0.05) is 30.3 Å². The van der Waals surface area contributed by atoms with Gasteiger partial charge in [-0.2, -0.15) is 0 Å². The summed E-state index contributed by atoms with van der Waals surface area (Å²) in [6, 6.07) is 9.29. The Labute approximate surface area is 136 Å². The molecule has 0 saturated carbocycles. The van der Waals surface area contributed by atoms with Crippen molar-refractivity contribution in [1.29, 1.82) is 0 Å². The third kappa shape index (κ3) is 6.92. The molecule has 23 heavy (non-hydrogen) atoms. The molecule has 4 N–H and O–H groups in total. The Morgan fingerprint density at radius 2 is 1.70 bits per heavy atom. The first kappa shape index (κ1) is 18.6. The second-order valence-corrected chi connectivity index (χ2v) is 5.28. The molecule has 0 aliphatic carbocycles. The highest BCUT2D eigenvalue weighted by atomic mass is 16.2. The van der Waals surface area contributed by atoms with Crippen molar-refractivity contribution in [3.05, 3.63) is 35.9 Å². The molecule has 0 unspecified atom stereocenters. The van der Waals surface area contributed by atoms with E-state index in [2.05, 4.69) is 0 Å². The molecule has 3 amide bonds. The van der Waals surface area contributed by atoms with Crippen LogP contribution in [-0.2, 0) is 20.9 Å². The summed E-state index contributed by atoms with van der Waals surface area (Å²) < 4.78 is 0. The van der Waals surface area contributed by atoms with Crippen molar-refractivity contribution < 1.29 is 14.4 Å². The predicted octanol–water partition coefficient (Wildman–Crippen LogP) is -0.302. The lowest BCUT2D eigenvalue weighted by Gasteiger charge is -2.26. The van der Waals surface area contributed by atoms with Crippen molar-refractivity contribution in [2.75, 3.05) is 26.2 Å². The highest BCUT2D eigenvalue weighted by Crippen LogP contribution is 2.06. The lowest BCUT2D eigenvalue weighted by atomic mass is 10.2. The lowest BCUT2D eigenvalue weighted by molar-refractivity contribution is -0.141. The van der Waals surface area contributed by atoms with Gasteiger partial charge in [0, 0.05) is 20.0 Å². The van der Waals surface area contributed by atoms with Crippen LogP contribution in [0.2, 0.25) is 0 Å². The third-order valence-corrected chi connectivity index (χ3v) is 3.32. The van der Waals surface area contributed by atoms with Crippen LogP contribution in [0.4, 0.5) is 0 Å². The van der Waals surface area contributed by atoms with E-state index >= 15 is 0 Å². The maximum Gasteiger partial charge on any atom is 0.242 e. The zero-order chi connectivity index (χ0) is 17.2. The molecular weight excluding hydrogens is 296 g/mol. The molecule has 0 aromatic heterocycles. The van der Waals surface area contributed by atoms with E-state index in [0.29, 0.717) is 19.5 Å². The van der Waals surface area contributed by atoms with E-state index in [-0.39, 0.29) is 31.4 Å². The molecule has 1 rings (SSSR count). The number of hydrogen-bond acceptors (Lipinski definition) is 4. The Balaban J connectivity index is 2.77. The molecule has 0 radical (unpaired) electrons. The highest BCUT2D eigenvalue weighted by molar-refractivity contribution is 5.87. The second kappa shape index (κ2) is 9.58. The Hall–Kier alpha value is -2.41. The number of nitrogens with two attached hydrogens (primary N) is 2. The molecule has 0 saturated heterocycles. The van der Waals surface area contributed by atoms with Gasteiger partial charge in [0.05, 0.1) is 13.1 Å². The van der Waals surface area contributed by atoms with Gasteiger partial charge in [0.15, 0.2) is 0 Å². The minimum absolute atomic E-state index is 0.0879. The summed E-state index contributed by atoms with van der Waals surface area (Å²) >= 11 is 0. The minimum atomic E-state index is -0.592. The number of hydrogen-bond donors (Lipinski definition) is 2. The quantitative estimate of drug-likeness (QED) is 0.651. The fraction of sp³-hybridized carbons (Fsp3) is 0.438. The molecule has 1 aromatic carbocycles. The smallest absolute Gasteiger partial charge is 0.242 e. The number of benzene rings is 1. The number of carbonyl (C=O) groups is 3. The third-order valence-electron chi connectivity index (χ3n) is 3.32. The lowest BCUT2D eigenvalue weighted by Crippen LogP contribution is -2.45. The SMILES string of the molecule is CC(=O)N(CCCN)CC(=O)N(CC(N)=O)Cc1ccccc1. The molecular formula is C16H24N4O3.